The fourth-order valence-electron chi connectivity index (χ4n) is 6.24. The normalized spacial score (nSPS) is 12.2. The molecule has 4 aromatic carbocycles. The van der Waals surface area contributed by atoms with Gasteiger partial charge in [-0.15, -0.1) is 13.2 Å². The van der Waals surface area contributed by atoms with E-state index in [9.17, 15) is 4.79 Å². The van der Waals surface area contributed by atoms with Crippen molar-refractivity contribution >= 4 is 30.3 Å². The van der Waals surface area contributed by atoms with Gasteiger partial charge in [0.05, 0.1) is 6.20 Å². The van der Waals surface area contributed by atoms with E-state index < -0.39 is 8.32 Å². The Hall–Kier alpha value is -5.07. The third kappa shape index (κ3) is 7.03. The minimum Gasteiger partial charge on any atom is -0.533 e. The molecule has 0 saturated heterocycles. The van der Waals surface area contributed by atoms with Gasteiger partial charge in [-0.2, -0.15) is 0 Å². The van der Waals surface area contributed by atoms with Crippen LogP contribution in [0.15, 0.2) is 147 Å². The van der Waals surface area contributed by atoms with Crippen LogP contribution in [0.4, 0.5) is 10.1 Å². The monoisotopic (exact) mass is 640 g/mol. The molecule has 1 N–H and O–H groups in total. The van der Waals surface area contributed by atoms with E-state index in [1.807, 2.05) is 48.5 Å². The van der Waals surface area contributed by atoms with Crippen molar-refractivity contribution in [2.24, 2.45) is 0 Å². The number of amides is 1. The number of pyridine rings is 1. The fraction of sp³-hybridized carbons (Fsp3) is 0.171. The van der Waals surface area contributed by atoms with Gasteiger partial charge in [0.25, 0.3) is 0 Å². The van der Waals surface area contributed by atoms with Crippen LogP contribution in [0.1, 0.15) is 50.8 Å². The van der Waals surface area contributed by atoms with E-state index in [1.54, 1.807) is 30.5 Å². The highest BCUT2D eigenvalue weighted by atomic mass is 28.4. The van der Waals surface area contributed by atoms with Gasteiger partial charge in [0.15, 0.2) is 0 Å². The maximum Gasteiger partial charge on any atom is 0.320 e. The molecule has 5 aromatic rings. The Morgan fingerprint density at radius 2 is 1.45 bits per heavy atom. The molecule has 0 spiro atoms. The van der Waals surface area contributed by atoms with E-state index >= 15 is 4.39 Å². The number of hydrogen-bond acceptors (Lipinski definition) is 3. The lowest BCUT2D eigenvalue weighted by molar-refractivity contribution is -0.115. The topological polar surface area (TPSA) is 51.2 Å². The highest BCUT2D eigenvalue weighted by Crippen LogP contribution is 2.39. The Morgan fingerprint density at radius 1 is 0.830 bits per heavy atom. The van der Waals surface area contributed by atoms with E-state index in [4.69, 9.17) is 9.41 Å². The van der Waals surface area contributed by atoms with Crippen molar-refractivity contribution in [2.45, 2.75) is 44.6 Å². The lowest BCUT2D eigenvalue weighted by Crippen LogP contribution is -2.68. The summed E-state index contributed by atoms with van der Waals surface area (Å²) < 4.78 is 23.6. The van der Waals surface area contributed by atoms with Crippen molar-refractivity contribution in [1.29, 1.82) is 0 Å². The summed E-state index contributed by atoms with van der Waals surface area (Å²) in [5.74, 6) is -0.284. The molecule has 238 valence electrons. The number of benzene rings is 4. The Morgan fingerprint density at radius 3 is 2.02 bits per heavy atom. The molecule has 0 aliphatic rings. The van der Waals surface area contributed by atoms with Crippen LogP contribution in [0, 0.1) is 5.82 Å². The fourth-order valence-corrected chi connectivity index (χ4v) is 10.6. The first-order chi connectivity index (χ1) is 22.7. The molecular formula is C41H41FN2O2Si. The van der Waals surface area contributed by atoms with Crippen molar-refractivity contribution in [3.05, 3.63) is 164 Å². The van der Waals surface area contributed by atoms with Crippen LogP contribution < -0.4 is 20.1 Å². The maximum absolute atomic E-state index is 16.5. The summed E-state index contributed by atoms with van der Waals surface area (Å²) >= 11 is 0. The number of hydrogen-bond donors (Lipinski definition) is 1. The molecule has 0 aliphatic carbocycles. The second kappa shape index (κ2) is 14.6. The first-order valence-electron chi connectivity index (χ1n) is 15.8. The van der Waals surface area contributed by atoms with Crippen LogP contribution >= 0.6 is 0 Å². The van der Waals surface area contributed by atoms with Crippen molar-refractivity contribution in [3.8, 4) is 16.9 Å². The summed E-state index contributed by atoms with van der Waals surface area (Å²) in [6, 6.07) is 37.4. The summed E-state index contributed by atoms with van der Waals surface area (Å²) in [6.07, 6.45) is 5.74. The average Bonchev–Trinajstić information content (AvgIpc) is 3.07. The number of anilines is 1. The van der Waals surface area contributed by atoms with Gasteiger partial charge in [0.1, 0.15) is 11.6 Å². The van der Waals surface area contributed by atoms with Crippen molar-refractivity contribution in [3.63, 3.8) is 0 Å². The summed E-state index contributed by atoms with van der Waals surface area (Å²) in [5, 5.41) is 5.03. The molecule has 4 nitrogen and oxygen atoms in total. The highest BCUT2D eigenvalue weighted by Gasteiger charge is 2.52. The molecule has 6 heteroatoms. The van der Waals surface area contributed by atoms with Gasteiger partial charge in [-0.05, 0) is 45.6 Å². The highest BCUT2D eigenvalue weighted by molar-refractivity contribution is 7.00. The molecular weight excluding hydrogens is 600 g/mol. The third-order valence-electron chi connectivity index (χ3n) is 8.43. The second-order valence-electron chi connectivity index (χ2n) is 12.6. The minimum atomic E-state index is -2.84. The number of nitrogens with zero attached hydrogens (tertiary/aromatic N) is 1. The number of rotatable bonds is 12. The van der Waals surface area contributed by atoms with Crippen molar-refractivity contribution < 1.29 is 13.6 Å². The molecule has 0 bridgehead atoms. The molecule has 0 radical (unpaired) electrons. The molecule has 0 aliphatic heterocycles. The molecule has 1 unspecified atom stereocenters. The van der Waals surface area contributed by atoms with Crippen molar-refractivity contribution in [2.75, 3.05) is 5.32 Å². The van der Waals surface area contributed by atoms with Crippen LogP contribution in [0.2, 0.25) is 5.04 Å². The number of carbonyl (C=O) groups excluding carboxylic acids is 1. The number of aromatic nitrogens is 1. The summed E-state index contributed by atoms with van der Waals surface area (Å²) in [4.78, 5) is 17.2. The summed E-state index contributed by atoms with van der Waals surface area (Å²) in [6.45, 7) is 14.3. The molecule has 1 amide bonds. The van der Waals surface area contributed by atoms with Gasteiger partial charge >= 0.3 is 8.32 Å². The van der Waals surface area contributed by atoms with E-state index in [2.05, 4.69) is 87.8 Å². The van der Waals surface area contributed by atoms with Crippen molar-refractivity contribution in [1.82, 2.24) is 4.98 Å². The predicted molar refractivity (Wildman–Crippen MR) is 194 cm³/mol. The van der Waals surface area contributed by atoms with Gasteiger partial charge in [-0.3, -0.25) is 9.78 Å². The Bertz CT molecular complexity index is 1790. The Balaban J connectivity index is 1.53. The molecule has 47 heavy (non-hydrogen) atoms. The lowest BCUT2D eigenvalue weighted by atomic mass is 9.88. The second-order valence-corrected chi connectivity index (χ2v) is 16.8. The van der Waals surface area contributed by atoms with Gasteiger partial charge in [-0.1, -0.05) is 130 Å². The number of halogens is 1. The molecule has 1 atom stereocenters. The van der Waals surface area contributed by atoms with Gasteiger partial charge in [0.2, 0.25) is 5.91 Å². The van der Waals surface area contributed by atoms with Crippen LogP contribution in [0.5, 0.6) is 5.75 Å². The first kappa shape index (κ1) is 33.3. The number of allylic oxidation sites excluding steroid dienone is 1. The zero-order valence-electron chi connectivity index (χ0n) is 27.2. The first-order valence-corrected chi connectivity index (χ1v) is 17.8. The molecule has 0 saturated carbocycles. The van der Waals surface area contributed by atoms with Gasteiger partial charge < -0.3 is 9.74 Å². The quantitative estimate of drug-likeness (QED) is 0.109. The molecule has 0 fully saturated rings. The minimum absolute atomic E-state index is 0.166. The summed E-state index contributed by atoms with van der Waals surface area (Å²) in [5.41, 5.74) is 2.76. The number of nitrogens with one attached hydrogen (secondary N) is 1. The standard InChI is InChI=1S/C41H41FN2O2Si/c1-6-17-33(35-24-16-25-36(40(35)42)34-23-14-15-26-38(34)44-39(45)18-7-2)37-28-27-30(29-43-37)46-47(41(3,4)5,31-19-10-8-11-20-31)32-21-12-9-13-22-32/h6-16,19-29,33H,1-2,17-18H2,3-5H3,(H,44,45). The van der Waals surface area contributed by atoms with Gasteiger partial charge in [-0.25, -0.2) is 4.39 Å². The lowest BCUT2D eigenvalue weighted by Gasteiger charge is -2.42. The van der Waals surface area contributed by atoms with E-state index in [-0.39, 0.29) is 29.1 Å². The number of carbonyl (C=O) groups is 1. The van der Waals surface area contributed by atoms with E-state index in [0.29, 0.717) is 40.2 Å². The maximum atomic E-state index is 16.5. The van der Waals surface area contributed by atoms with Crippen LogP contribution in [0.3, 0.4) is 0 Å². The average molecular weight is 641 g/mol. The van der Waals surface area contributed by atoms with Crippen LogP contribution in [0.25, 0.3) is 11.1 Å². The SMILES string of the molecule is C=CCC(=O)Nc1ccccc1-c1cccc(C(CC=C)c2ccc(O[Si](c3ccccc3)(c3ccccc3)C(C)(C)C)cn2)c1F. The van der Waals surface area contributed by atoms with Crippen LogP contribution in [-0.2, 0) is 4.79 Å². The largest absolute Gasteiger partial charge is 0.533 e. The number of para-hydroxylation sites is 1. The molecule has 1 aromatic heterocycles. The zero-order chi connectivity index (χ0) is 33.4. The molecule has 1 heterocycles. The predicted octanol–water partition coefficient (Wildman–Crippen LogP) is 9.05. The smallest absolute Gasteiger partial charge is 0.320 e. The van der Waals surface area contributed by atoms with Gasteiger partial charge in [0, 0.05) is 34.8 Å². The zero-order valence-corrected chi connectivity index (χ0v) is 28.2. The Labute approximate surface area is 278 Å². The van der Waals surface area contributed by atoms with Crippen LogP contribution in [-0.4, -0.2) is 19.2 Å². The third-order valence-corrected chi connectivity index (χ3v) is 13.4. The summed E-state index contributed by atoms with van der Waals surface area (Å²) in [7, 11) is -2.84. The van der Waals surface area contributed by atoms with E-state index in [1.165, 1.54) is 16.4 Å². The molecule has 5 rings (SSSR count). The Kier molecular flexibility index (Phi) is 10.3. The van der Waals surface area contributed by atoms with E-state index in [0.717, 1.165) is 0 Å².